The number of carbonyl (C=O) groups is 1. The maximum absolute atomic E-state index is 12.1. The molecular formula is C17H26Cl2N2O3. The summed E-state index contributed by atoms with van der Waals surface area (Å²) < 4.78 is 11.0. The predicted molar refractivity (Wildman–Crippen MR) is 98.2 cm³/mol. The fourth-order valence-electron chi connectivity index (χ4n) is 2.94. The molecule has 1 heterocycles. The molecule has 0 aromatic heterocycles. The Balaban J connectivity index is 0.00000288. The van der Waals surface area contributed by atoms with E-state index in [1.54, 1.807) is 7.11 Å². The molecule has 1 aliphatic rings. The lowest BCUT2D eigenvalue weighted by molar-refractivity contribution is -0.124. The molecule has 0 radical (unpaired) electrons. The van der Waals surface area contributed by atoms with Crippen molar-refractivity contribution in [2.45, 2.75) is 25.2 Å². The van der Waals surface area contributed by atoms with Gasteiger partial charge in [0.25, 0.3) is 0 Å². The molecule has 1 amide bonds. The first kappa shape index (κ1) is 21.0. The highest BCUT2D eigenvalue weighted by Gasteiger charge is 2.37. The van der Waals surface area contributed by atoms with Crippen molar-refractivity contribution >= 4 is 29.9 Å². The second-order valence-corrected chi connectivity index (χ2v) is 6.53. The van der Waals surface area contributed by atoms with Gasteiger partial charge in [0.1, 0.15) is 5.75 Å². The van der Waals surface area contributed by atoms with Crippen molar-refractivity contribution in [3.8, 4) is 5.75 Å². The van der Waals surface area contributed by atoms with Crippen LogP contribution in [-0.2, 0) is 14.9 Å². The van der Waals surface area contributed by atoms with Crippen LogP contribution in [0.25, 0.3) is 0 Å². The SMILES string of the molecule is COc1ccc(Cl)cc1C1(CNC(=O)C(C)CN)CCOCC1.Cl. The minimum atomic E-state index is -0.238. The third-order valence-electron chi connectivity index (χ3n) is 4.58. The third kappa shape index (κ3) is 4.76. The van der Waals surface area contributed by atoms with E-state index in [1.807, 2.05) is 25.1 Å². The maximum atomic E-state index is 12.1. The maximum Gasteiger partial charge on any atom is 0.224 e. The lowest BCUT2D eigenvalue weighted by Crippen LogP contribution is -2.46. The van der Waals surface area contributed by atoms with Gasteiger partial charge in [0.05, 0.1) is 7.11 Å². The molecule has 136 valence electrons. The Hall–Kier alpha value is -1.01. The molecule has 5 nitrogen and oxygen atoms in total. The molecule has 7 heteroatoms. The summed E-state index contributed by atoms with van der Waals surface area (Å²) >= 11 is 6.20. The first-order valence-corrected chi connectivity index (χ1v) is 8.30. The average molecular weight is 377 g/mol. The summed E-state index contributed by atoms with van der Waals surface area (Å²) in [5, 5.41) is 3.70. The van der Waals surface area contributed by atoms with Gasteiger partial charge in [-0.1, -0.05) is 18.5 Å². The fraction of sp³-hybridized carbons (Fsp3) is 0.588. The minimum absolute atomic E-state index is 0. The molecule has 0 bridgehead atoms. The zero-order chi connectivity index (χ0) is 16.9. The standard InChI is InChI=1S/C17H25ClN2O3.ClH/c1-12(10-19)16(21)20-11-17(5-7-23-8-6-17)14-9-13(18)3-4-15(14)22-2;/h3-4,9,12H,5-8,10-11,19H2,1-2H3,(H,20,21);1H. The lowest BCUT2D eigenvalue weighted by atomic mass is 9.73. The zero-order valence-electron chi connectivity index (χ0n) is 14.1. The van der Waals surface area contributed by atoms with Crippen LogP contribution in [0.1, 0.15) is 25.3 Å². The van der Waals surface area contributed by atoms with E-state index in [0.29, 0.717) is 31.3 Å². The summed E-state index contributed by atoms with van der Waals surface area (Å²) in [6, 6.07) is 5.62. The van der Waals surface area contributed by atoms with E-state index in [4.69, 9.17) is 26.8 Å². The van der Waals surface area contributed by atoms with Gasteiger partial charge in [0, 0.05) is 48.2 Å². The molecule has 2 rings (SSSR count). The summed E-state index contributed by atoms with van der Waals surface area (Å²) in [6.07, 6.45) is 1.61. The van der Waals surface area contributed by atoms with Gasteiger partial charge in [0.2, 0.25) is 5.91 Å². The molecule has 1 aromatic carbocycles. The van der Waals surface area contributed by atoms with Crippen molar-refractivity contribution in [2.75, 3.05) is 33.4 Å². The third-order valence-corrected chi connectivity index (χ3v) is 4.82. The van der Waals surface area contributed by atoms with Gasteiger partial charge in [-0.3, -0.25) is 4.79 Å². The molecule has 1 fully saturated rings. The Bertz CT molecular complexity index is 549. The van der Waals surface area contributed by atoms with E-state index < -0.39 is 0 Å². The quantitative estimate of drug-likeness (QED) is 0.799. The van der Waals surface area contributed by atoms with Crippen LogP contribution in [0.15, 0.2) is 18.2 Å². The van der Waals surface area contributed by atoms with Gasteiger partial charge < -0.3 is 20.5 Å². The number of rotatable bonds is 6. The molecule has 0 spiro atoms. The normalized spacial score (nSPS) is 17.5. The van der Waals surface area contributed by atoms with Gasteiger partial charge in [-0.05, 0) is 31.0 Å². The largest absolute Gasteiger partial charge is 0.496 e. The summed E-state index contributed by atoms with van der Waals surface area (Å²) in [5.41, 5.74) is 6.36. The number of nitrogens with two attached hydrogens (primary N) is 1. The predicted octanol–water partition coefficient (Wildman–Crippen LogP) is 2.53. The fourth-order valence-corrected chi connectivity index (χ4v) is 3.11. The van der Waals surface area contributed by atoms with E-state index >= 15 is 0 Å². The average Bonchev–Trinajstić information content (AvgIpc) is 2.59. The Morgan fingerprint density at radius 2 is 2.12 bits per heavy atom. The van der Waals surface area contributed by atoms with Gasteiger partial charge in [-0.25, -0.2) is 0 Å². The van der Waals surface area contributed by atoms with Crippen LogP contribution < -0.4 is 15.8 Å². The molecule has 24 heavy (non-hydrogen) atoms. The summed E-state index contributed by atoms with van der Waals surface area (Å²) in [7, 11) is 1.65. The molecule has 0 aliphatic carbocycles. The summed E-state index contributed by atoms with van der Waals surface area (Å²) in [6.45, 7) is 3.99. The van der Waals surface area contributed by atoms with Gasteiger partial charge in [-0.2, -0.15) is 0 Å². The molecule has 1 aromatic rings. The second kappa shape index (κ2) is 9.47. The van der Waals surface area contributed by atoms with E-state index in [1.165, 1.54) is 0 Å². The summed E-state index contributed by atoms with van der Waals surface area (Å²) in [5.74, 6) is 0.560. The van der Waals surface area contributed by atoms with Crippen molar-refractivity contribution < 1.29 is 14.3 Å². The Morgan fingerprint density at radius 1 is 1.46 bits per heavy atom. The second-order valence-electron chi connectivity index (χ2n) is 6.09. The minimum Gasteiger partial charge on any atom is -0.496 e. The monoisotopic (exact) mass is 376 g/mol. The Kier molecular flexibility index (Phi) is 8.30. The van der Waals surface area contributed by atoms with Gasteiger partial charge >= 0.3 is 0 Å². The number of nitrogens with one attached hydrogen (secondary N) is 1. The molecule has 0 saturated carbocycles. The van der Waals surface area contributed by atoms with Crippen LogP contribution in [-0.4, -0.2) is 39.3 Å². The van der Waals surface area contributed by atoms with Crippen LogP contribution in [0.4, 0.5) is 0 Å². The number of hydrogen-bond donors (Lipinski definition) is 2. The number of benzene rings is 1. The number of carbonyl (C=O) groups excluding carboxylic acids is 1. The molecule has 1 unspecified atom stereocenters. The smallest absolute Gasteiger partial charge is 0.224 e. The number of amides is 1. The zero-order valence-corrected chi connectivity index (χ0v) is 15.7. The summed E-state index contributed by atoms with van der Waals surface area (Å²) in [4.78, 5) is 12.1. The number of ether oxygens (including phenoxy) is 2. The Labute approximate surface area is 154 Å². The van der Waals surface area contributed by atoms with Crippen molar-refractivity contribution in [3.63, 3.8) is 0 Å². The first-order chi connectivity index (χ1) is 11.0. The van der Waals surface area contributed by atoms with Crippen molar-refractivity contribution in [1.29, 1.82) is 0 Å². The van der Waals surface area contributed by atoms with Crippen molar-refractivity contribution in [2.24, 2.45) is 11.7 Å². The van der Waals surface area contributed by atoms with Gasteiger partial charge in [0.15, 0.2) is 0 Å². The van der Waals surface area contributed by atoms with E-state index in [2.05, 4.69) is 5.32 Å². The van der Waals surface area contributed by atoms with Crippen LogP contribution in [0.5, 0.6) is 5.75 Å². The van der Waals surface area contributed by atoms with Crippen molar-refractivity contribution in [1.82, 2.24) is 5.32 Å². The lowest BCUT2D eigenvalue weighted by Gasteiger charge is -2.39. The number of hydrogen-bond acceptors (Lipinski definition) is 4. The van der Waals surface area contributed by atoms with Crippen LogP contribution in [0.2, 0.25) is 5.02 Å². The van der Waals surface area contributed by atoms with Crippen LogP contribution in [0.3, 0.4) is 0 Å². The molecule has 3 N–H and O–H groups in total. The molecule has 1 aliphatic heterocycles. The highest BCUT2D eigenvalue weighted by Crippen LogP contribution is 2.40. The number of methoxy groups -OCH3 is 1. The topological polar surface area (TPSA) is 73.6 Å². The van der Waals surface area contributed by atoms with Crippen molar-refractivity contribution in [3.05, 3.63) is 28.8 Å². The van der Waals surface area contributed by atoms with E-state index in [9.17, 15) is 4.79 Å². The van der Waals surface area contributed by atoms with E-state index in [-0.39, 0.29) is 29.6 Å². The van der Waals surface area contributed by atoms with Crippen LogP contribution in [0, 0.1) is 5.92 Å². The van der Waals surface area contributed by atoms with Gasteiger partial charge in [-0.15, -0.1) is 12.4 Å². The highest BCUT2D eigenvalue weighted by atomic mass is 35.5. The number of halogens is 2. The van der Waals surface area contributed by atoms with Crippen LogP contribution >= 0.6 is 24.0 Å². The van der Waals surface area contributed by atoms with E-state index in [0.717, 1.165) is 24.2 Å². The molecular weight excluding hydrogens is 351 g/mol. The Morgan fingerprint density at radius 3 is 2.71 bits per heavy atom. The first-order valence-electron chi connectivity index (χ1n) is 7.92. The molecule has 1 atom stereocenters. The molecule has 1 saturated heterocycles. The highest BCUT2D eigenvalue weighted by molar-refractivity contribution is 6.30.